The quantitative estimate of drug-likeness (QED) is 0.412. The monoisotopic (exact) mass is 526 g/mol. The molecule has 4 rings (SSSR count). The summed E-state index contributed by atoms with van der Waals surface area (Å²) in [5, 5.41) is 12.9. The van der Waals surface area contributed by atoms with E-state index in [1.807, 2.05) is 37.4 Å². The Labute approximate surface area is 218 Å². The molecule has 1 aromatic heterocycles. The van der Waals surface area contributed by atoms with Gasteiger partial charge in [0.25, 0.3) is 0 Å². The predicted octanol–water partition coefficient (Wildman–Crippen LogP) is 2.79. The first-order valence-corrected chi connectivity index (χ1v) is 14.2. The van der Waals surface area contributed by atoms with Crippen molar-refractivity contribution < 1.29 is 23.0 Å². The molecule has 1 fully saturated rings. The number of hydrogen-bond donors (Lipinski definition) is 2. The lowest BCUT2D eigenvalue weighted by atomic mass is 10.1. The average molecular weight is 527 g/mol. The van der Waals surface area contributed by atoms with E-state index in [-0.39, 0.29) is 11.5 Å². The van der Waals surface area contributed by atoms with Gasteiger partial charge >= 0.3 is 0 Å². The Morgan fingerprint density at radius 2 is 1.84 bits per heavy atom. The van der Waals surface area contributed by atoms with E-state index >= 15 is 0 Å². The van der Waals surface area contributed by atoms with Crippen molar-refractivity contribution in [1.82, 2.24) is 15.3 Å². The SMILES string of the molecule is CNCC(O)COc1cccc(-c2nc(-c3ccc(S(C)(=O)=O)cc3)cc(N(C)C3CCOCC3)n2)c1. The second-order valence-electron chi connectivity index (χ2n) is 9.24. The molecular weight excluding hydrogens is 492 g/mol. The summed E-state index contributed by atoms with van der Waals surface area (Å²) in [6.07, 6.45) is 2.39. The van der Waals surface area contributed by atoms with Crippen LogP contribution >= 0.6 is 0 Å². The van der Waals surface area contributed by atoms with Crippen LogP contribution in [0.3, 0.4) is 0 Å². The third-order valence-corrected chi connectivity index (χ3v) is 7.49. The molecule has 2 aromatic carbocycles. The maximum atomic E-state index is 11.9. The van der Waals surface area contributed by atoms with Crippen molar-refractivity contribution in [3.63, 3.8) is 0 Å². The fraction of sp³-hybridized carbons (Fsp3) is 0.407. The van der Waals surface area contributed by atoms with Gasteiger partial charge in [-0.25, -0.2) is 18.4 Å². The summed E-state index contributed by atoms with van der Waals surface area (Å²) in [5.74, 6) is 1.91. The molecule has 10 heteroatoms. The molecule has 0 amide bonds. The Bertz CT molecular complexity index is 1290. The lowest BCUT2D eigenvalue weighted by molar-refractivity contribution is 0.0853. The van der Waals surface area contributed by atoms with Crippen molar-refractivity contribution in [3.05, 3.63) is 54.6 Å². The molecule has 0 radical (unpaired) electrons. The second kappa shape index (κ2) is 12.0. The Hall–Kier alpha value is -3.05. The first-order valence-electron chi connectivity index (χ1n) is 12.3. The highest BCUT2D eigenvalue weighted by molar-refractivity contribution is 7.90. The largest absolute Gasteiger partial charge is 0.491 e. The van der Waals surface area contributed by atoms with E-state index in [1.165, 1.54) is 6.26 Å². The number of hydrogen-bond acceptors (Lipinski definition) is 9. The summed E-state index contributed by atoms with van der Waals surface area (Å²) < 4.78 is 35.2. The molecule has 9 nitrogen and oxygen atoms in total. The minimum atomic E-state index is -3.30. The van der Waals surface area contributed by atoms with Crippen LogP contribution in [0.15, 0.2) is 59.5 Å². The molecule has 2 heterocycles. The van der Waals surface area contributed by atoms with Crippen LogP contribution < -0.4 is 15.0 Å². The molecule has 1 aliphatic heterocycles. The van der Waals surface area contributed by atoms with Gasteiger partial charge in [-0.15, -0.1) is 0 Å². The lowest BCUT2D eigenvalue weighted by Crippen LogP contribution is -2.37. The summed E-state index contributed by atoms with van der Waals surface area (Å²) in [5.41, 5.74) is 2.26. The fourth-order valence-electron chi connectivity index (χ4n) is 4.24. The first kappa shape index (κ1) is 27.0. The predicted molar refractivity (Wildman–Crippen MR) is 144 cm³/mol. The molecule has 1 aliphatic rings. The van der Waals surface area contributed by atoms with Crippen molar-refractivity contribution in [2.45, 2.75) is 29.9 Å². The van der Waals surface area contributed by atoms with Crippen LogP contribution in [-0.2, 0) is 14.6 Å². The third kappa shape index (κ3) is 7.04. The zero-order valence-electron chi connectivity index (χ0n) is 21.4. The van der Waals surface area contributed by atoms with Gasteiger partial charge in [-0.3, -0.25) is 0 Å². The first-order chi connectivity index (χ1) is 17.7. The maximum Gasteiger partial charge on any atom is 0.175 e. The zero-order valence-corrected chi connectivity index (χ0v) is 22.2. The number of ether oxygens (including phenoxy) is 2. The normalized spacial score (nSPS) is 15.4. The van der Waals surface area contributed by atoms with Crippen molar-refractivity contribution in [2.24, 2.45) is 0 Å². The molecule has 2 N–H and O–H groups in total. The van der Waals surface area contributed by atoms with Crippen LogP contribution in [0.2, 0.25) is 0 Å². The summed E-state index contributed by atoms with van der Waals surface area (Å²) >= 11 is 0. The molecule has 0 aliphatic carbocycles. The number of aliphatic hydroxyl groups excluding tert-OH is 1. The van der Waals surface area contributed by atoms with Crippen LogP contribution in [0, 0.1) is 0 Å². The molecule has 1 unspecified atom stereocenters. The van der Waals surface area contributed by atoms with Gasteiger partial charge in [0.2, 0.25) is 0 Å². The van der Waals surface area contributed by atoms with Gasteiger partial charge in [0, 0.05) is 56.3 Å². The fourth-order valence-corrected chi connectivity index (χ4v) is 4.87. The van der Waals surface area contributed by atoms with Crippen molar-refractivity contribution in [1.29, 1.82) is 0 Å². The number of nitrogens with one attached hydrogen (secondary N) is 1. The number of aromatic nitrogens is 2. The second-order valence-corrected chi connectivity index (χ2v) is 11.3. The minimum Gasteiger partial charge on any atom is -0.491 e. The maximum absolute atomic E-state index is 11.9. The van der Waals surface area contributed by atoms with Gasteiger partial charge in [-0.05, 0) is 44.2 Å². The number of likely N-dealkylation sites (N-methyl/N-ethyl adjacent to an activating group) is 1. The van der Waals surface area contributed by atoms with Crippen LogP contribution in [-0.4, -0.2) is 82.4 Å². The third-order valence-electron chi connectivity index (χ3n) is 6.37. The van der Waals surface area contributed by atoms with Gasteiger partial charge in [0.1, 0.15) is 24.3 Å². The smallest absolute Gasteiger partial charge is 0.175 e. The van der Waals surface area contributed by atoms with Crippen LogP contribution in [0.5, 0.6) is 5.75 Å². The van der Waals surface area contributed by atoms with E-state index in [9.17, 15) is 13.5 Å². The molecule has 37 heavy (non-hydrogen) atoms. The van der Waals surface area contributed by atoms with Gasteiger partial charge in [0.15, 0.2) is 15.7 Å². The van der Waals surface area contributed by atoms with E-state index in [1.54, 1.807) is 31.3 Å². The topological polar surface area (TPSA) is 114 Å². The van der Waals surface area contributed by atoms with Gasteiger partial charge in [-0.2, -0.15) is 0 Å². The Kier molecular flexibility index (Phi) is 8.75. The standard InChI is InChI=1S/C27H34N4O5S/c1-28-17-22(32)18-36-23-6-4-5-20(15-23)27-29-25(19-7-9-24(10-8-19)37(3,33)34)16-26(30-27)31(2)21-11-13-35-14-12-21/h4-10,15-16,21-22,28,32H,11-14,17-18H2,1-3H3. The van der Waals surface area contributed by atoms with Crippen LogP contribution in [0.25, 0.3) is 22.6 Å². The molecule has 0 bridgehead atoms. The van der Waals surface area contributed by atoms with Gasteiger partial charge in [-0.1, -0.05) is 24.3 Å². The summed E-state index contributed by atoms with van der Waals surface area (Å²) in [7, 11) is 0.507. The molecular formula is C27H34N4O5S. The lowest BCUT2D eigenvalue weighted by Gasteiger charge is -2.32. The highest BCUT2D eigenvalue weighted by Gasteiger charge is 2.21. The minimum absolute atomic E-state index is 0.162. The number of anilines is 1. The average Bonchev–Trinajstić information content (AvgIpc) is 2.91. The molecule has 0 saturated carbocycles. The molecule has 198 valence electrons. The van der Waals surface area contributed by atoms with Gasteiger partial charge < -0.3 is 24.8 Å². The zero-order chi connectivity index (χ0) is 26.4. The van der Waals surface area contributed by atoms with Crippen molar-refractivity contribution >= 4 is 15.7 Å². The summed E-state index contributed by atoms with van der Waals surface area (Å²) in [6.45, 7) is 2.03. The van der Waals surface area contributed by atoms with Gasteiger partial charge in [0.05, 0.1) is 10.6 Å². The van der Waals surface area contributed by atoms with E-state index in [2.05, 4.69) is 10.2 Å². The van der Waals surface area contributed by atoms with Crippen LogP contribution in [0.4, 0.5) is 5.82 Å². The number of aliphatic hydroxyl groups is 1. The molecule has 1 saturated heterocycles. The van der Waals surface area contributed by atoms with E-state index in [0.717, 1.165) is 29.8 Å². The summed E-state index contributed by atoms with van der Waals surface area (Å²) in [6, 6.07) is 16.4. The van der Waals surface area contributed by atoms with E-state index in [4.69, 9.17) is 19.4 Å². The Morgan fingerprint density at radius 3 is 2.51 bits per heavy atom. The van der Waals surface area contributed by atoms with Crippen molar-refractivity contribution in [2.75, 3.05) is 51.6 Å². The molecule has 0 spiro atoms. The Balaban J connectivity index is 1.70. The summed E-state index contributed by atoms with van der Waals surface area (Å²) in [4.78, 5) is 12.1. The van der Waals surface area contributed by atoms with Crippen molar-refractivity contribution in [3.8, 4) is 28.4 Å². The number of sulfone groups is 1. The Morgan fingerprint density at radius 1 is 1.11 bits per heavy atom. The number of nitrogens with zero attached hydrogens (tertiary/aromatic N) is 3. The highest BCUT2D eigenvalue weighted by atomic mass is 32.2. The molecule has 3 aromatic rings. The van der Waals surface area contributed by atoms with Crippen LogP contribution in [0.1, 0.15) is 12.8 Å². The number of benzene rings is 2. The van der Waals surface area contributed by atoms with E-state index < -0.39 is 15.9 Å². The molecule has 1 atom stereocenters. The number of rotatable bonds is 10. The van der Waals surface area contributed by atoms with E-state index in [0.29, 0.717) is 43.1 Å². The highest BCUT2D eigenvalue weighted by Crippen LogP contribution is 2.30.